The zero-order valence-electron chi connectivity index (χ0n) is 11.5. The van der Waals surface area contributed by atoms with Gasteiger partial charge in [0, 0.05) is 22.6 Å². The van der Waals surface area contributed by atoms with E-state index in [2.05, 4.69) is 42.2 Å². The lowest BCUT2D eigenvalue weighted by molar-refractivity contribution is 0.112. The number of rotatable bonds is 2. The largest absolute Gasteiger partial charge is 0.298 e. The number of allylic oxidation sites excluding steroid dienone is 4. The van der Waals surface area contributed by atoms with Crippen LogP contribution in [-0.2, 0) is 0 Å². The standard InChI is InChI=1S/C20H14O/c21-15-17-11-9-16(10-12-17)13-14-19-7-3-4-8-20(19)18-5-1-2-6-18/h1-12,15,18H. The monoisotopic (exact) mass is 270 g/mol. The molecule has 100 valence electrons. The van der Waals surface area contributed by atoms with Gasteiger partial charge in [-0.25, -0.2) is 0 Å². The molecule has 3 rings (SSSR count). The fraction of sp³-hybridized carbons (Fsp3) is 0.0500. The molecule has 0 unspecified atom stereocenters. The number of carbonyl (C=O) groups is 1. The van der Waals surface area contributed by atoms with Crippen LogP contribution in [0.3, 0.4) is 0 Å². The maximum absolute atomic E-state index is 10.6. The summed E-state index contributed by atoms with van der Waals surface area (Å²) in [7, 11) is 0. The summed E-state index contributed by atoms with van der Waals surface area (Å²) >= 11 is 0. The average Bonchev–Trinajstić information content (AvgIpc) is 3.08. The minimum atomic E-state index is 0.313. The van der Waals surface area contributed by atoms with Crippen LogP contribution in [0.25, 0.3) is 0 Å². The van der Waals surface area contributed by atoms with Crippen molar-refractivity contribution in [3.8, 4) is 11.8 Å². The van der Waals surface area contributed by atoms with Crippen LogP contribution in [0.5, 0.6) is 0 Å². The first-order chi connectivity index (χ1) is 10.4. The van der Waals surface area contributed by atoms with Crippen molar-refractivity contribution in [2.45, 2.75) is 5.92 Å². The number of hydrogen-bond acceptors (Lipinski definition) is 1. The molecule has 0 radical (unpaired) electrons. The second-order valence-electron chi connectivity index (χ2n) is 4.87. The Balaban J connectivity index is 1.91. The molecule has 1 aliphatic rings. The van der Waals surface area contributed by atoms with Crippen LogP contribution in [0.1, 0.15) is 33.0 Å². The first kappa shape index (κ1) is 13.1. The van der Waals surface area contributed by atoms with Crippen molar-refractivity contribution in [3.05, 3.63) is 95.1 Å². The predicted octanol–water partition coefficient (Wildman–Crippen LogP) is 4.11. The van der Waals surface area contributed by atoms with Gasteiger partial charge in [-0.15, -0.1) is 0 Å². The molecule has 0 saturated heterocycles. The minimum Gasteiger partial charge on any atom is -0.298 e. The molecular weight excluding hydrogens is 256 g/mol. The fourth-order valence-corrected chi connectivity index (χ4v) is 2.33. The summed E-state index contributed by atoms with van der Waals surface area (Å²) in [4.78, 5) is 10.6. The van der Waals surface area contributed by atoms with E-state index in [0.717, 1.165) is 17.4 Å². The van der Waals surface area contributed by atoms with Crippen molar-refractivity contribution in [2.75, 3.05) is 0 Å². The van der Waals surface area contributed by atoms with E-state index in [9.17, 15) is 4.79 Å². The summed E-state index contributed by atoms with van der Waals surface area (Å²) in [6.45, 7) is 0. The van der Waals surface area contributed by atoms with Gasteiger partial charge >= 0.3 is 0 Å². The van der Waals surface area contributed by atoms with Crippen molar-refractivity contribution < 1.29 is 4.79 Å². The quantitative estimate of drug-likeness (QED) is 0.593. The zero-order valence-corrected chi connectivity index (χ0v) is 11.5. The Morgan fingerprint density at radius 3 is 2.29 bits per heavy atom. The normalized spacial score (nSPS) is 13.0. The number of aldehydes is 1. The molecular formula is C20H14O. The highest BCUT2D eigenvalue weighted by atomic mass is 16.1. The van der Waals surface area contributed by atoms with Gasteiger partial charge in [-0.3, -0.25) is 4.79 Å². The van der Waals surface area contributed by atoms with E-state index < -0.39 is 0 Å². The van der Waals surface area contributed by atoms with Gasteiger partial charge in [-0.1, -0.05) is 66.5 Å². The second-order valence-corrected chi connectivity index (χ2v) is 4.87. The van der Waals surface area contributed by atoms with Gasteiger partial charge in [0.1, 0.15) is 6.29 Å². The van der Waals surface area contributed by atoms with E-state index in [4.69, 9.17) is 0 Å². The molecule has 1 heteroatoms. The summed E-state index contributed by atoms with van der Waals surface area (Å²) in [5, 5.41) is 0. The molecule has 0 atom stereocenters. The predicted molar refractivity (Wildman–Crippen MR) is 85.3 cm³/mol. The maximum Gasteiger partial charge on any atom is 0.150 e. The van der Waals surface area contributed by atoms with Gasteiger partial charge < -0.3 is 0 Å². The molecule has 2 aromatic rings. The van der Waals surface area contributed by atoms with E-state index in [1.165, 1.54) is 5.56 Å². The molecule has 0 amide bonds. The highest BCUT2D eigenvalue weighted by Crippen LogP contribution is 2.25. The molecule has 0 heterocycles. The molecule has 2 aromatic carbocycles. The third-order valence-electron chi connectivity index (χ3n) is 3.46. The molecule has 0 spiro atoms. The Labute approximate surface area is 124 Å². The van der Waals surface area contributed by atoms with Gasteiger partial charge in [0.2, 0.25) is 0 Å². The Bertz CT molecular complexity index is 755. The molecule has 0 fully saturated rings. The summed E-state index contributed by atoms with van der Waals surface area (Å²) in [5.41, 5.74) is 3.84. The van der Waals surface area contributed by atoms with E-state index >= 15 is 0 Å². The van der Waals surface area contributed by atoms with Crippen LogP contribution >= 0.6 is 0 Å². The van der Waals surface area contributed by atoms with Crippen molar-refractivity contribution in [2.24, 2.45) is 0 Å². The lowest BCUT2D eigenvalue weighted by Crippen LogP contribution is -1.93. The summed E-state index contributed by atoms with van der Waals surface area (Å²) in [6, 6.07) is 15.5. The molecule has 1 nitrogen and oxygen atoms in total. The highest BCUT2D eigenvalue weighted by Gasteiger charge is 2.09. The second kappa shape index (κ2) is 6.07. The van der Waals surface area contributed by atoms with E-state index in [-0.39, 0.29) is 0 Å². The van der Waals surface area contributed by atoms with Crippen LogP contribution < -0.4 is 0 Å². The molecule has 0 N–H and O–H groups in total. The Hall–Kier alpha value is -2.85. The number of hydrogen-bond donors (Lipinski definition) is 0. The van der Waals surface area contributed by atoms with Gasteiger partial charge in [0.05, 0.1) is 0 Å². The Morgan fingerprint density at radius 2 is 1.57 bits per heavy atom. The minimum absolute atomic E-state index is 0.313. The van der Waals surface area contributed by atoms with E-state index in [1.807, 2.05) is 30.3 Å². The van der Waals surface area contributed by atoms with Gasteiger partial charge in [0.15, 0.2) is 0 Å². The average molecular weight is 270 g/mol. The van der Waals surface area contributed by atoms with Crippen molar-refractivity contribution >= 4 is 6.29 Å². The Morgan fingerprint density at radius 1 is 0.857 bits per heavy atom. The molecule has 0 aromatic heterocycles. The smallest absolute Gasteiger partial charge is 0.150 e. The van der Waals surface area contributed by atoms with Gasteiger partial charge in [-0.05, 0) is 23.8 Å². The number of benzene rings is 2. The molecule has 1 aliphatic carbocycles. The third-order valence-corrected chi connectivity index (χ3v) is 3.46. The van der Waals surface area contributed by atoms with Crippen LogP contribution in [0.4, 0.5) is 0 Å². The van der Waals surface area contributed by atoms with Crippen LogP contribution in [0.15, 0.2) is 72.8 Å². The van der Waals surface area contributed by atoms with Crippen LogP contribution in [0.2, 0.25) is 0 Å². The van der Waals surface area contributed by atoms with Crippen LogP contribution in [-0.4, -0.2) is 6.29 Å². The molecule has 0 aliphatic heterocycles. The first-order valence-corrected chi connectivity index (χ1v) is 6.88. The first-order valence-electron chi connectivity index (χ1n) is 6.88. The van der Waals surface area contributed by atoms with E-state index in [0.29, 0.717) is 11.5 Å². The van der Waals surface area contributed by atoms with Crippen LogP contribution in [0, 0.1) is 11.8 Å². The Kier molecular flexibility index (Phi) is 3.80. The summed E-state index contributed by atoms with van der Waals surface area (Å²) in [5.74, 6) is 6.71. The summed E-state index contributed by atoms with van der Waals surface area (Å²) < 4.78 is 0. The van der Waals surface area contributed by atoms with Crippen molar-refractivity contribution in [1.82, 2.24) is 0 Å². The zero-order chi connectivity index (χ0) is 14.5. The number of carbonyl (C=O) groups excluding carboxylic acids is 1. The highest BCUT2D eigenvalue weighted by molar-refractivity contribution is 5.74. The molecule has 21 heavy (non-hydrogen) atoms. The lowest BCUT2D eigenvalue weighted by atomic mass is 9.95. The lowest BCUT2D eigenvalue weighted by Gasteiger charge is -2.08. The van der Waals surface area contributed by atoms with Crippen molar-refractivity contribution in [1.29, 1.82) is 0 Å². The maximum atomic E-state index is 10.6. The third kappa shape index (κ3) is 3.01. The van der Waals surface area contributed by atoms with Gasteiger partial charge in [0.25, 0.3) is 0 Å². The van der Waals surface area contributed by atoms with Gasteiger partial charge in [-0.2, -0.15) is 0 Å². The summed E-state index contributed by atoms with van der Waals surface area (Å²) in [6.07, 6.45) is 9.30. The SMILES string of the molecule is O=Cc1ccc(C#Cc2ccccc2C2C=CC=C2)cc1. The topological polar surface area (TPSA) is 17.1 Å². The molecule has 0 saturated carbocycles. The fourth-order valence-electron chi connectivity index (χ4n) is 2.33. The van der Waals surface area contributed by atoms with Crippen molar-refractivity contribution in [3.63, 3.8) is 0 Å². The van der Waals surface area contributed by atoms with E-state index in [1.54, 1.807) is 12.1 Å². The molecule has 0 bridgehead atoms.